The lowest BCUT2D eigenvalue weighted by Gasteiger charge is -2.24. The summed E-state index contributed by atoms with van der Waals surface area (Å²) in [5.41, 5.74) is 0. The van der Waals surface area contributed by atoms with Crippen LogP contribution in [0.4, 0.5) is 0 Å². The molecule has 0 spiro atoms. The van der Waals surface area contributed by atoms with Crippen LogP contribution in [0.5, 0.6) is 0 Å². The molecule has 0 bridgehead atoms. The number of unbranched alkanes of at least 4 members (excludes halogenated alkanes) is 24. The van der Waals surface area contributed by atoms with Gasteiger partial charge in [-0.2, -0.15) is 0 Å². The highest BCUT2D eigenvalue weighted by Crippen LogP contribution is 2.43. The van der Waals surface area contributed by atoms with E-state index in [2.05, 4.69) is 13.8 Å². The molecule has 0 aliphatic rings. The molecule has 0 aromatic carbocycles. The number of phosphoric ester groups is 1. The largest absolute Gasteiger partial charge is 0.472 e. The van der Waals surface area contributed by atoms with Gasteiger partial charge < -0.3 is 18.9 Å². The van der Waals surface area contributed by atoms with Crippen molar-refractivity contribution in [3.05, 3.63) is 24.3 Å². The Labute approximate surface area is 332 Å². The van der Waals surface area contributed by atoms with E-state index in [4.69, 9.17) is 18.5 Å². The van der Waals surface area contributed by atoms with E-state index in [1.165, 1.54) is 141 Å². The Balaban J connectivity index is 4.44. The summed E-state index contributed by atoms with van der Waals surface area (Å²) >= 11 is 0. The Morgan fingerprint density at radius 1 is 0.556 bits per heavy atom. The summed E-state index contributed by atoms with van der Waals surface area (Å²) in [6.45, 7) is 4.32. The molecule has 318 valence electrons. The topological polar surface area (TPSA) is 108 Å². The molecule has 0 radical (unpaired) electrons. The lowest BCUT2D eigenvalue weighted by Crippen LogP contribution is -2.37. The van der Waals surface area contributed by atoms with Gasteiger partial charge in [-0.15, -0.1) is 0 Å². The Morgan fingerprint density at radius 3 is 1.35 bits per heavy atom. The van der Waals surface area contributed by atoms with Gasteiger partial charge in [-0.05, 0) is 25.7 Å². The maximum absolute atomic E-state index is 12.6. The summed E-state index contributed by atoms with van der Waals surface area (Å²) < 4.78 is 34.1. The number of nitrogens with zero attached hydrogens (tertiary/aromatic N) is 1. The van der Waals surface area contributed by atoms with Gasteiger partial charge in [-0.1, -0.05) is 179 Å². The fraction of sp³-hybridized carbons (Fsp3) is 0.864. The number of phosphoric acid groups is 1. The normalized spacial score (nSPS) is 13.8. The predicted molar refractivity (Wildman–Crippen MR) is 224 cm³/mol. The third-order valence-electron chi connectivity index (χ3n) is 9.52. The second kappa shape index (κ2) is 37.1. The minimum Gasteiger partial charge on any atom is -0.461 e. The number of esters is 2. The van der Waals surface area contributed by atoms with Gasteiger partial charge in [0.15, 0.2) is 6.10 Å². The molecule has 54 heavy (non-hydrogen) atoms. The van der Waals surface area contributed by atoms with E-state index in [0.717, 1.165) is 25.7 Å². The number of carbonyl (C=O) groups excluding carboxylic acids is 2. The summed E-state index contributed by atoms with van der Waals surface area (Å²) in [6.07, 6.45) is 39.9. The first-order valence-electron chi connectivity index (χ1n) is 22.1. The van der Waals surface area contributed by atoms with Crippen molar-refractivity contribution < 1.29 is 42.1 Å². The summed E-state index contributed by atoms with van der Waals surface area (Å²) in [6, 6.07) is 0. The van der Waals surface area contributed by atoms with Crippen molar-refractivity contribution in [1.82, 2.24) is 0 Å². The molecule has 0 aliphatic heterocycles. The van der Waals surface area contributed by atoms with E-state index in [-0.39, 0.29) is 26.1 Å². The average molecular weight is 787 g/mol. The van der Waals surface area contributed by atoms with Crippen molar-refractivity contribution in [1.29, 1.82) is 0 Å². The van der Waals surface area contributed by atoms with Crippen LogP contribution >= 0.6 is 7.82 Å². The Hall–Kier alpha value is -1.51. The second-order valence-electron chi connectivity index (χ2n) is 16.1. The maximum Gasteiger partial charge on any atom is 0.472 e. The van der Waals surface area contributed by atoms with Crippen LogP contribution in [-0.4, -0.2) is 74.9 Å². The van der Waals surface area contributed by atoms with Gasteiger partial charge in [-0.3, -0.25) is 18.6 Å². The van der Waals surface area contributed by atoms with E-state index in [1.54, 1.807) is 6.08 Å². The van der Waals surface area contributed by atoms with Crippen molar-refractivity contribution in [3.63, 3.8) is 0 Å². The molecule has 0 saturated carbocycles. The minimum absolute atomic E-state index is 0.0201. The minimum atomic E-state index is -4.39. The van der Waals surface area contributed by atoms with Crippen LogP contribution in [0.2, 0.25) is 0 Å². The molecule has 2 atom stereocenters. The first-order valence-corrected chi connectivity index (χ1v) is 23.6. The highest BCUT2D eigenvalue weighted by Gasteiger charge is 2.26. The number of hydrogen-bond acceptors (Lipinski definition) is 7. The van der Waals surface area contributed by atoms with E-state index in [0.29, 0.717) is 11.0 Å². The number of carbonyl (C=O) groups is 2. The molecule has 0 aromatic heterocycles. The van der Waals surface area contributed by atoms with Crippen molar-refractivity contribution in [2.45, 2.75) is 200 Å². The monoisotopic (exact) mass is 787 g/mol. The van der Waals surface area contributed by atoms with Crippen molar-refractivity contribution in [3.8, 4) is 0 Å². The van der Waals surface area contributed by atoms with Crippen LogP contribution in [0.15, 0.2) is 24.3 Å². The quantitative estimate of drug-likeness (QED) is 0.0215. The van der Waals surface area contributed by atoms with Crippen LogP contribution in [0.1, 0.15) is 194 Å². The van der Waals surface area contributed by atoms with Crippen LogP contribution in [0.25, 0.3) is 0 Å². The number of hydrogen-bond donors (Lipinski definition) is 1. The van der Waals surface area contributed by atoms with Gasteiger partial charge in [0.05, 0.1) is 40.6 Å². The fourth-order valence-corrected chi connectivity index (χ4v) is 6.78. The van der Waals surface area contributed by atoms with Crippen molar-refractivity contribution in [2.75, 3.05) is 47.5 Å². The van der Waals surface area contributed by atoms with Gasteiger partial charge in [0, 0.05) is 0 Å². The van der Waals surface area contributed by atoms with Crippen LogP contribution in [-0.2, 0) is 32.7 Å². The molecule has 0 amide bonds. The molecule has 0 aromatic rings. The first-order chi connectivity index (χ1) is 26.0. The third-order valence-corrected chi connectivity index (χ3v) is 10.5. The highest BCUT2D eigenvalue weighted by atomic mass is 31.2. The van der Waals surface area contributed by atoms with E-state index in [1.807, 2.05) is 39.4 Å². The molecular formula is C44H85NO8P+. The van der Waals surface area contributed by atoms with E-state index < -0.39 is 32.5 Å². The Kier molecular flexibility index (Phi) is 36.1. The smallest absolute Gasteiger partial charge is 0.461 e. The maximum atomic E-state index is 12.6. The highest BCUT2D eigenvalue weighted by molar-refractivity contribution is 7.47. The van der Waals surface area contributed by atoms with Crippen molar-refractivity contribution >= 4 is 19.8 Å². The van der Waals surface area contributed by atoms with Crippen LogP contribution in [0.3, 0.4) is 0 Å². The molecular weight excluding hydrogens is 701 g/mol. The summed E-state index contributed by atoms with van der Waals surface area (Å²) in [5.74, 6) is -0.984. The van der Waals surface area contributed by atoms with Gasteiger partial charge in [0.1, 0.15) is 19.8 Å². The van der Waals surface area contributed by atoms with Gasteiger partial charge in [0.2, 0.25) is 0 Å². The van der Waals surface area contributed by atoms with Gasteiger partial charge in [0.25, 0.3) is 0 Å². The van der Waals surface area contributed by atoms with Crippen LogP contribution in [0, 0.1) is 0 Å². The number of rotatable bonds is 40. The molecule has 1 N–H and O–H groups in total. The zero-order valence-corrected chi connectivity index (χ0v) is 36.6. The molecule has 0 saturated heterocycles. The second-order valence-corrected chi connectivity index (χ2v) is 17.6. The lowest BCUT2D eigenvalue weighted by atomic mass is 10.0. The number of likely N-dealkylation sites (N-methyl/N-ethyl adjacent to an activating group) is 1. The Morgan fingerprint density at radius 2 is 0.944 bits per heavy atom. The van der Waals surface area contributed by atoms with Gasteiger partial charge in [-0.25, -0.2) is 4.57 Å². The van der Waals surface area contributed by atoms with Gasteiger partial charge >= 0.3 is 19.8 Å². The number of ether oxygens (including phenoxy) is 2. The van der Waals surface area contributed by atoms with Crippen molar-refractivity contribution in [2.24, 2.45) is 0 Å². The first kappa shape index (κ1) is 52.5. The Bertz CT molecular complexity index is 980. The summed E-state index contributed by atoms with van der Waals surface area (Å²) in [7, 11) is 1.44. The van der Waals surface area contributed by atoms with Crippen LogP contribution < -0.4 is 0 Å². The average Bonchev–Trinajstić information content (AvgIpc) is 3.12. The lowest BCUT2D eigenvalue weighted by molar-refractivity contribution is -0.870. The molecule has 10 heteroatoms. The SMILES string of the molecule is CCCCCCCCCCCCCC/C=C/CC(=O)OCC(COP(=O)(O)OCC[N+](C)(C)C)OC(=O)C/C=C/CCCCCCCCCCCCCC. The number of quaternary nitrogens is 1. The zero-order chi connectivity index (χ0) is 40.0. The fourth-order valence-electron chi connectivity index (χ4n) is 6.04. The van der Waals surface area contributed by atoms with E-state index in [9.17, 15) is 19.0 Å². The molecule has 0 aliphatic carbocycles. The summed E-state index contributed by atoms with van der Waals surface area (Å²) in [5, 5.41) is 0. The molecule has 2 unspecified atom stereocenters. The molecule has 0 rings (SSSR count). The zero-order valence-electron chi connectivity index (χ0n) is 35.7. The molecule has 9 nitrogen and oxygen atoms in total. The summed E-state index contributed by atoms with van der Waals surface area (Å²) in [4.78, 5) is 35.2. The molecule has 0 heterocycles. The molecule has 0 fully saturated rings. The predicted octanol–water partition coefficient (Wildman–Crippen LogP) is 12.4. The number of allylic oxidation sites excluding steroid dienone is 2. The van der Waals surface area contributed by atoms with E-state index >= 15 is 0 Å². The standard InChI is InChI=1S/C44H84NO8P/c1-6-8-10-12-14-16-18-20-22-24-26-28-30-32-34-36-43(46)50-40-42(41-52-54(48,49)51-39-38-45(3,4)5)53-44(47)37-35-33-31-29-27-25-23-21-19-17-15-13-11-9-7-2/h32-35,42H,6-31,36-41H2,1-5H3/p+1/b34-32+,35-33+. The third kappa shape index (κ3) is 40.2.